The lowest BCUT2D eigenvalue weighted by molar-refractivity contribution is 0.130. The third kappa shape index (κ3) is 1.57. The second-order valence-electron chi connectivity index (χ2n) is 4.68. The Balaban J connectivity index is 2.16. The largest absolute Gasteiger partial charge is 0.302 e. The third-order valence-electron chi connectivity index (χ3n) is 3.00. The SMILES string of the molecule is Cc1nn(C2CN(C)C2)cc1C(C)C. The molecule has 3 nitrogen and oxygen atoms in total. The van der Waals surface area contributed by atoms with Gasteiger partial charge in [-0.05, 0) is 25.5 Å². The molecule has 2 rings (SSSR count). The van der Waals surface area contributed by atoms with Gasteiger partial charge in [0.05, 0.1) is 11.7 Å². The summed E-state index contributed by atoms with van der Waals surface area (Å²) in [7, 11) is 2.15. The minimum absolute atomic E-state index is 0.585. The van der Waals surface area contributed by atoms with Crippen molar-refractivity contribution in [2.75, 3.05) is 20.1 Å². The molecule has 1 aromatic rings. The Morgan fingerprint density at radius 2 is 2.07 bits per heavy atom. The first-order chi connectivity index (χ1) is 6.58. The third-order valence-corrected chi connectivity index (χ3v) is 3.00. The molecule has 0 N–H and O–H groups in total. The van der Waals surface area contributed by atoms with E-state index in [0.29, 0.717) is 12.0 Å². The predicted octanol–water partition coefficient (Wildman–Crippen LogP) is 1.80. The van der Waals surface area contributed by atoms with E-state index in [1.165, 1.54) is 11.3 Å². The van der Waals surface area contributed by atoms with Crippen LogP contribution in [0, 0.1) is 6.92 Å². The lowest BCUT2D eigenvalue weighted by atomic mass is 10.1. The van der Waals surface area contributed by atoms with Gasteiger partial charge in [0, 0.05) is 19.3 Å². The summed E-state index contributed by atoms with van der Waals surface area (Å²) in [6.45, 7) is 8.83. The molecule has 0 atom stereocenters. The van der Waals surface area contributed by atoms with Crippen LogP contribution in [-0.4, -0.2) is 34.8 Å². The Morgan fingerprint density at radius 3 is 2.50 bits per heavy atom. The standard InChI is InChI=1S/C11H19N3/c1-8(2)11-7-14(12-9(11)3)10-5-13(4)6-10/h7-8,10H,5-6H2,1-4H3. The molecule has 1 saturated heterocycles. The van der Waals surface area contributed by atoms with E-state index in [1.54, 1.807) is 0 Å². The van der Waals surface area contributed by atoms with Crippen molar-refractivity contribution in [2.24, 2.45) is 0 Å². The summed E-state index contributed by atoms with van der Waals surface area (Å²) in [4.78, 5) is 2.32. The molecule has 3 heteroatoms. The zero-order chi connectivity index (χ0) is 10.3. The molecular formula is C11H19N3. The highest BCUT2D eigenvalue weighted by molar-refractivity contribution is 5.19. The summed E-state index contributed by atoms with van der Waals surface area (Å²) in [6.07, 6.45) is 2.22. The highest BCUT2D eigenvalue weighted by atomic mass is 15.4. The Labute approximate surface area is 85.7 Å². The normalized spacial score (nSPS) is 18.9. The molecule has 78 valence electrons. The maximum absolute atomic E-state index is 4.58. The molecule has 0 spiro atoms. The number of rotatable bonds is 2. The minimum atomic E-state index is 0.585. The van der Waals surface area contributed by atoms with Crippen LogP contribution in [-0.2, 0) is 0 Å². The lowest BCUT2D eigenvalue weighted by Gasteiger charge is -2.36. The fourth-order valence-electron chi connectivity index (χ4n) is 2.08. The fraction of sp³-hybridized carbons (Fsp3) is 0.727. The number of aryl methyl sites for hydroxylation is 1. The summed E-state index contributed by atoms with van der Waals surface area (Å²) in [6, 6.07) is 0.603. The average Bonchev–Trinajstić information content (AvgIpc) is 2.41. The van der Waals surface area contributed by atoms with Crippen molar-refractivity contribution < 1.29 is 0 Å². The second kappa shape index (κ2) is 3.39. The highest BCUT2D eigenvalue weighted by Gasteiger charge is 2.26. The quantitative estimate of drug-likeness (QED) is 0.714. The van der Waals surface area contributed by atoms with Crippen LogP contribution in [0.2, 0.25) is 0 Å². The topological polar surface area (TPSA) is 21.1 Å². The van der Waals surface area contributed by atoms with Crippen molar-refractivity contribution in [3.8, 4) is 0 Å². The molecule has 0 aromatic carbocycles. The molecule has 0 radical (unpaired) electrons. The van der Waals surface area contributed by atoms with Gasteiger partial charge in [0.25, 0.3) is 0 Å². The van der Waals surface area contributed by atoms with Gasteiger partial charge in [0.15, 0.2) is 0 Å². The first-order valence-electron chi connectivity index (χ1n) is 5.32. The number of hydrogen-bond acceptors (Lipinski definition) is 2. The second-order valence-corrected chi connectivity index (χ2v) is 4.68. The summed E-state index contributed by atoms with van der Waals surface area (Å²) in [5.74, 6) is 0.585. The van der Waals surface area contributed by atoms with Crippen LogP contribution in [0.3, 0.4) is 0 Å². The minimum Gasteiger partial charge on any atom is -0.302 e. The summed E-state index contributed by atoms with van der Waals surface area (Å²) in [5, 5.41) is 4.58. The summed E-state index contributed by atoms with van der Waals surface area (Å²) in [5.41, 5.74) is 2.58. The number of aromatic nitrogens is 2. The molecule has 14 heavy (non-hydrogen) atoms. The molecule has 2 heterocycles. The van der Waals surface area contributed by atoms with E-state index in [4.69, 9.17) is 0 Å². The molecule has 1 aliphatic rings. The maximum Gasteiger partial charge on any atom is 0.0772 e. The lowest BCUT2D eigenvalue weighted by Crippen LogP contribution is -2.45. The van der Waals surface area contributed by atoms with E-state index in [9.17, 15) is 0 Å². The van der Waals surface area contributed by atoms with Crippen LogP contribution in [0.25, 0.3) is 0 Å². The molecule has 0 aliphatic carbocycles. The van der Waals surface area contributed by atoms with Crippen LogP contribution in [0.15, 0.2) is 6.20 Å². The van der Waals surface area contributed by atoms with E-state index < -0.39 is 0 Å². The number of likely N-dealkylation sites (tertiary alicyclic amines) is 1. The average molecular weight is 193 g/mol. The van der Waals surface area contributed by atoms with E-state index in [2.05, 4.69) is 48.7 Å². The van der Waals surface area contributed by atoms with Gasteiger partial charge in [0.1, 0.15) is 0 Å². The van der Waals surface area contributed by atoms with Crippen LogP contribution >= 0.6 is 0 Å². The van der Waals surface area contributed by atoms with Crippen molar-refractivity contribution >= 4 is 0 Å². The van der Waals surface area contributed by atoms with E-state index >= 15 is 0 Å². The number of nitrogens with zero attached hydrogens (tertiary/aromatic N) is 3. The maximum atomic E-state index is 4.58. The summed E-state index contributed by atoms with van der Waals surface area (Å²) < 4.78 is 2.14. The van der Waals surface area contributed by atoms with Gasteiger partial charge in [-0.2, -0.15) is 5.10 Å². The van der Waals surface area contributed by atoms with Crippen LogP contribution in [0.1, 0.15) is 37.1 Å². The Bertz CT molecular complexity index is 321. The van der Waals surface area contributed by atoms with Crippen LogP contribution in [0.5, 0.6) is 0 Å². The van der Waals surface area contributed by atoms with Gasteiger partial charge in [-0.25, -0.2) is 0 Å². The smallest absolute Gasteiger partial charge is 0.0772 e. The van der Waals surface area contributed by atoms with Crippen LogP contribution < -0.4 is 0 Å². The van der Waals surface area contributed by atoms with E-state index in [-0.39, 0.29) is 0 Å². The van der Waals surface area contributed by atoms with Gasteiger partial charge < -0.3 is 4.90 Å². The highest BCUT2D eigenvalue weighted by Crippen LogP contribution is 2.23. The first-order valence-corrected chi connectivity index (χ1v) is 5.32. The number of hydrogen-bond donors (Lipinski definition) is 0. The molecule has 1 aliphatic heterocycles. The zero-order valence-corrected chi connectivity index (χ0v) is 9.49. The van der Waals surface area contributed by atoms with Crippen molar-refractivity contribution in [1.82, 2.24) is 14.7 Å². The number of likely N-dealkylation sites (N-methyl/N-ethyl adjacent to an activating group) is 1. The first kappa shape index (κ1) is 9.71. The van der Waals surface area contributed by atoms with Gasteiger partial charge in [-0.1, -0.05) is 13.8 Å². The van der Waals surface area contributed by atoms with Gasteiger partial charge in [0.2, 0.25) is 0 Å². The van der Waals surface area contributed by atoms with Crippen LogP contribution in [0.4, 0.5) is 0 Å². The molecule has 0 saturated carbocycles. The monoisotopic (exact) mass is 193 g/mol. The molecule has 0 unspecified atom stereocenters. The molecule has 1 aromatic heterocycles. The Morgan fingerprint density at radius 1 is 1.43 bits per heavy atom. The van der Waals surface area contributed by atoms with Gasteiger partial charge >= 0.3 is 0 Å². The van der Waals surface area contributed by atoms with Crippen molar-refractivity contribution in [2.45, 2.75) is 32.7 Å². The van der Waals surface area contributed by atoms with E-state index in [0.717, 1.165) is 13.1 Å². The Hall–Kier alpha value is -0.830. The molecule has 0 amide bonds. The Kier molecular flexibility index (Phi) is 2.35. The van der Waals surface area contributed by atoms with Crippen molar-refractivity contribution in [3.05, 3.63) is 17.5 Å². The van der Waals surface area contributed by atoms with E-state index in [1.807, 2.05) is 0 Å². The van der Waals surface area contributed by atoms with Crippen molar-refractivity contribution in [1.29, 1.82) is 0 Å². The van der Waals surface area contributed by atoms with Gasteiger partial charge in [-0.3, -0.25) is 4.68 Å². The molecule has 0 bridgehead atoms. The van der Waals surface area contributed by atoms with Crippen molar-refractivity contribution in [3.63, 3.8) is 0 Å². The summed E-state index contributed by atoms with van der Waals surface area (Å²) >= 11 is 0. The molecule has 1 fully saturated rings. The molecular weight excluding hydrogens is 174 g/mol. The zero-order valence-electron chi connectivity index (χ0n) is 9.49. The predicted molar refractivity (Wildman–Crippen MR) is 57.6 cm³/mol. The van der Waals surface area contributed by atoms with Gasteiger partial charge in [-0.15, -0.1) is 0 Å². The fourth-order valence-corrected chi connectivity index (χ4v) is 2.08.